The third-order valence-electron chi connectivity index (χ3n) is 3.88. The van der Waals surface area contributed by atoms with E-state index in [0.29, 0.717) is 12.1 Å². The lowest BCUT2D eigenvalue weighted by atomic mass is 10.1. The number of benzene rings is 1. The summed E-state index contributed by atoms with van der Waals surface area (Å²) in [6.45, 7) is 9.46. The minimum Gasteiger partial charge on any atom is -0.352 e. The van der Waals surface area contributed by atoms with Crippen molar-refractivity contribution in [1.82, 2.24) is 15.1 Å². The highest BCUT2D eigenvalue weighted by molar-refractivity contribution is 5.96. The second-order valence-corrected chi connectivity index (χ2v) is 5.80. The normalized spacial score (nSPS) is 10.7. The zero-order chi connectivity index (χ0) is 16.1. The van der Waals surface area contributed by atoms with Crippen molar-refractivity contribution < 1.29 is 4.79 Å². The Labute approximate surface area is 132 Å². The number of carbonyl (C=O) groups excluding carboxylic acids is 1. The highest BCUT2D eigenvalue weighted by Gasteiger charge is 2.18. The molecule has 2 rings (SSSR count). The number of aryl methyl sites for hydroxylation is 2. The largest absolute Gasteiger partial charge is 0.352 e. The van der Waals surface area contributed by atoms with Crippen molar-refractivity contribution >= 4 is 5.91 Å². The maximum absolute atomic E-state index is 12.3. The molecule has 0 unspecified atom stereocenters. The van der Waals surface area contributed by atoms with Gasteiger partial charge in [0.25, 0.3) is 5.91 Å². The van der Waals surface area contributed by atoms with Crippen LogP contribution in [0.2, 0.25) is 0 Å². The van der Waals surface area contributed by atoms with Gasteiger partial charge in [0.05, 0.1) is 17.8 Å². The smallest absolute Gasteiger partial charge is 0.255 e. The fourth-order valence-electron chi connectivity index (χ4n) is 2.51. The molecule has 0 aliphatic carbocycles. The topological polar surface area (TPSA) is 46.9 Å². The lowest BCUT2D eigenvalue weighted by molar-refractivity contribution is 0.0952. The van der Waals surface area contributed by atoms with E-state index in [0.717, 1.165) is 30.8 Å². The Bertz CT molecular complexity index is 641. The predicted molar refractivity (Wildman–Crippen MR) is 89.2 cm³/mol. The Morgan fingerprint density at radius 1 is 1.18 bits per heavy atom. The third-order valence-corrected chi connectivity index (χ3v) is 3.88. The lowest BCUT2D eigenvalue weighted by Crippen LogP contribution is -2.25. The van der Waals surface area contributed by atoms with Gasteiger partial charge in [-0.05, 0) is 32.8 Å². The van der Waals surface area contributed by atoms with Crippen LogP contribution < -0.4 is 5.32 Å². The van der Waals surface area contributed by atoms with Crippen molar-refractivity contribution in [1.29, 1.82) is 0 Å². The molecular formula is C18H25N3O. The molecule has 0 aliphatic heterocycles. The molecule has 0 fully saturated rings. The van der Waals surface area contributed by atoms with Gasteiger partial charge in [0.1, 0.15) is 0 Å². The van der Waals surface area contributed by atoms with E-state index in [4.69, 9.17) is 0 Å². The number of amides is 1. The van der Waals surface area contributed by atoms with Gasteiger partial charge in [0.2, 0.25) is 0 Å². The summed E-state index contributed by atoms with van der Waals surface area (Å²) in [5.74, 6) is -0.0152. The van der Waals surface area contributed by atoms with E-state index in [1.807, 2.05) is 18.5 Å². The summed E-state index contributed by atoms with van der Waals surface area (Å²) >= 11 is 0. The summed E-state index contributed by atoms with van der Waals surface area (Å²) < 4.78 is 1.91. The van der Waals surface area contributed by atoms with E-state index < -0.39 is 0 Å². The number of nitrogens with one attached hydrogen (secondary N) is 1. The summed E-state index contributed by atoms with van der Waals surface area (Å²) in [7, 11) is 0. The molecule has 0 bridgehead atoms. The monoisotopic (exact) mass is 299 g/mol. The highest BCUT2D eigenvalue weighted by atomic mass is 16.1. The van der Waals surface area contributed by atoms with Crippen molar-refractivity contribution in [3.63, 3.8) is 0 Å². The van der Waals surface area contributed by atoms with Crippen LogP contribution in [0.5, 0.6) is 0 Å². The first kappa shape index (κ1) is 16.3. The quantitative estimate of drug-likeness (QED) is 0.831. The molecule has 1 amide bonds. The van der Waals surface area contributed by atoms with Crippen LogP contribution in [-0.4, -0.2) is 22.2 Å². The molecule has 0 aliphatic rings. The summed E-state index contributed by atoms with van der Waals surface area (Å²) in [5, 5.41) is 7.51. The van der Waals surface area contributed by atoms with Crippen LogP contribution in [-0.2, 0) is 6.54 Å². The fourth-order valence-corrected chi connectivity index (χ4v) is 2.51. The summed E-state index contributed by atoms with van der Waals surface area (Å²) in [5.41, 5.74) is 4.86. The van der Waals surface area contributed by atoms with Gasteiger partial charge in [0.15, 0.2) is 0 Å². The van der Waals surface area contributed by atoms with Crippen molar-refractivity contribution in [2.75, 3.05) is 6.54 Å². The zero-order valence-electron chi connectivity index (χ0n) is 13.9. The fraction of sp³-hybridized carbons (Fsp3) is 0.444. The van der Waals surface area contributed by atoms with E-state index in [2.05, 4.69) is 48.5 Å². The number of hydrogen-bond acceptors (Lipinski definition) is 2. The maximum Gasteiger partial charge on any atom is 0.255 e. The van der Waals surface area contributed by atoms with Gasteiger partial charge in [-0.15, -0.1) is 0 Å². The van der Waals surface area contributed by atoms with Crippen LogP contribution in [0.4, 0.5) is 0 Å². The Balaban J connectivity index is 2.15. The molecule has 0 radical (unpaired) electrons. The average molecular weight is 299 g/mol. The first-order valence-electron chi connectivity index (χ1n) is 7.90. The molecule has 1 aromatic carbocycles. The van der Waals surface area contributed by atoms with Gasteiger partial charge in [-0.25, -0.2) is 0 Å². The van der Waals surface area contributed by atoms with Crippen LogP contribution >= 0.6 is 0 Å². The maximum atomic E-state index is 12.3. The predicted octanol–water partition coefficient (Wildman–Crippen LogP) is 3.39. The SMILES string of the molecule is CCCCNC(=O)c1c(C)nn(Cc2ccc(C)cc2)c1C. The molecule has 4 nitrogen and oxygen atoms in total. The summed E-state index contributed by atoms with van der Waals surface area (Å²) in [6, 6.07) is 8.40. The van der Waals surface area contributed by atoms with Gasteiger partial charge in [-0.3, -0.25) is 9.48 Å². The number of aromatic nitrogens is 2. The van der Waals surface area contributed by atoms with Crippen LogP contribution in [0, 0.1) is 20.8 Å². The Hall–Kier alpha value is -2.10. The zero-order valence-corrected chi connectivity index (χ0v) is 13.9. The Morgan fingerprint density at radius 3 is 2.50 bits per heavy atom. The van der Waals surface area contributed by atoms with E-state index in [-0.39, 0.29) is 5.91 Å². The van der Waals surface area contributed by atoms with Gasteiger partial charge >= 0.3 is 0 Å². The van der Waals surface area contributed by atoms with Gasteiger partial charge in [-0.2, -0.15) is 5.10 Å². The third kappa shape index (κ3) is 3.75. The van der Waals surface area contributed by atoms with Crippen LogP contribution in [0.3, 0.4) is 0 Å². The summed E-state index contributed by atoms with van der Waals surface area (Å²) in [6.07, 6.45) is 2.08. The molecule has 0 spiro atoms. The first-order chi connectivity index (χ1) is 10.5. The second kappa shape index (κ2) is 7.25. The number of hydrogen-bond donors (Lipinski definition) is 1. The molecule has 0 atom stereocenters. The molecule has 0 saturated heterocycles. The molecule has 1 heterocycles. The van der Waals surface area contributed by atoms with Gasteiger partial charge in [0, 0.05) is 12.2 Å². The van der Waals surface area contributed by atoms with Crippen molar-refractivity contribution in [3.05, 3.63) is 52.3 Å². The molecule has 22 heavy (non-hydrogen) atoms. The van der Waals surface area contributed by atoms with E-state index in [1.165, 1.54) is 11.1 Å². The van der Waals surface area contributed by atoms with E-state index in [9.17, 15) is 4.79 Å². The van der Waals surface area contributed by atoms with Crippen molar-refractivity contribution in [2.24, 2.45) is 0 Å². The Morgan fingerprint density at radius 2 is 1.86 bits per heavy atom. The number of unbranched alkanes of at least 4 members (excludes halogenated alkanes) is 1. The standard InChI is InChI=1S/C18H25N3O/c1-5-6-11-19-18(22)17-14(3)20-21(15(17)4)12-16-9-7-13(2)8-10-16/h7-10H,5-6,11-12H2,1-4H3,(H,19,22). The molecule has 0 saturated carbocycles. The lowest BCUT2D eigenvalue weighted by Gasteiger charge is -2.07. The highest BCUT2D eigenvalue weighted by Crippen LogP contribution is 2.15. The molecule has 118 valence electrons. The van der Waals surface area contributed by atoms with Gasteiger partial charge in [-0.1, -0.05) is 43.2 Å². The van der Waals surface area contributed by atoms with Crippen LogP contribution in [0.1, 0.15) is 52.6 Å². The van der Waals surface area contributed by atoms with Crippen LogP contribution in [0.25, 0.3) is 0 Å². The molecule has 2 aromatic rings. The van der Waals surface area contributed by atoms with Crippen molar-refractivity contribution in [2.45, 2.75) is 47.1 Å². The van der Waals surface area contributed by atoms with E-state index in [1.54, 1.807) is 0 Å². The molecule has 4 heteroatoms. The average Bonchev–Trinajstić information content (AvgIpc) is 2.76. The molecular weight excluding hydrogens is 274 g/mol. The van der Waals surface area contributed by atoms with Gasteiger partial charge < -0.3 is 5.32 Å². The Kier molecular flexibility index (Phi) is 5.36. The summed E-state index contributed by atoms with van der Waals surface area (Å²) in [4.78, 5) is 12.3. The molecule has 1 aromatic heterocycles. The number of carbonyl (C=O) groups is 1. The van der Waals surface area contributed by atoms with Crippen molar-refractivity contribution in [3.8, 4) is 0 Å². The number of rotatable bonds is 6. The first-order valence-corrected chi connectivity index (χ1v) is 7.90. The number of nitrogens with zero attached hydrogens (tertiary/aromatic N) is 2. The minimum absolute atomic E-state index is 0.0152. The molecule has 1 N–H and O–H groups in total. The minimum atomic E-state index is -0.0152. The van der Waals surface area contributed by atoms with Crippen LogP contribution in [0.15, 0.2) is 24.3 Å². The van der Waals surface area contributed by atoms with E-state index >= 15 is 0 Å². The second-order valence-electron chi connectivity index (χ2n) is 5.80.